The van der Waals surface area contributed by atoms with Gasteiger partial charge in [-0.05, 0) is 49.3 Å². The summed E-state index contributed by atoms with van der Waals surface area (Å²) >= 11 is 0. The molecule has 0 radical (unpaired) electrons. The van der Waals surface area contributed by atoms with Gasteiger partial charge in [0.15, 0.2) is 0 Å². The van der Waals surface area contributed by atoms with Gasteiger partial charge in [-0.2, -0.15) is 0 Å². The third-order valence-electron chi connectivity index (χ3n) is 4.14. The Kier molecular flexibility index (Phi) is 8.27. The van der Waals surface area contributed by atoms with E-state index in [0.717, 1.165) is 16.9 Å². The van der Waals surface area contributed by atoms with E-state index in [1.54, 1.807) is 0 Å². The number of benzene rings is 1. The first-order chi connectivity index (χ1) is 10.9. The van der Waals surface area contributed by atoms with Crippen molar-refractivity contribution in [1.82, 2.24) is 5.32 Å². The maximum Gasteiger partial charge on any atom is 1.00 e. The Morgan fingerprint density at radius 3 is 2.71 bits per heavy atom. The Labute approximate surface area is 165 Å². The van der Waals surface area contributed by atoms with Crippen LogP contribution in [0.15, 0.2) is 18.2 Å². The van der Waals surface area contributed by atoms with E-state index in [1.165, 1.54) is 0 Å². The fourth-order valence-corrected chi connectivity index (χ4v) is 3.03. The summed E-state index contributed by atoms with van der Waals surface area (Å²) in [7, 11) is 0. The van der Waals surface area contributed by atoms with Gasteiger partial charge in [0.1, 0.15) is 12.4 Å². The maximum atomic E-state index is 12.4. The summed E-state index contributed by atoms with van der Waals surface area (Å²) < 4.78 is 5.72. The normalized spacial score (nSPS) is 17.2. The molecule has 1 aliphatic heterocycles. The number of carbonyl (C=O) groups excluding carboxylic acids is 2. The molecule has 0 saturated heterocycles. The molecule has 0 spiro atoms. The molecule has 1 aromatic rings. The number of nitrogens with one attached hydrogen (secondary N) is 1. The maximum absolute atomic E-state index is 12.4. The molecule has 1 amide bonds. The smallest absolute Gasteiger partial charge is 0.550 e. The molecule has 24 heavy (non-hydrogen) atoms. The second kappa shape index (κ2) is 9.44. The molecular weight excluding hydrogens is 317 g/mol. The van der Waals surface area contributed by atoms with Gasteiger partial charge in [-0.15, -0.1) is 0 Å². The molecule has 0 aliphatic carbocycles. The van der Waals surface area contributed by atoms with E-state index in [1.807, 2.05) is 39.0 Å². The van der Waals surface area contributed by atoms with Crippen molar-refractivity contribution in [3.63, 3.8) is 0 Å². The van der Waals surface area contributed by atoms with Crippen molar-refractivity contribution >= 4 is 11.9 Å². The van der Waals surface area contributed by atoms with Crippen LogP contribution < -0.4 is 44.7 Å². The van der Waals surface area contributed by atoms with Crippen LogP contribution in [0.3, 0.4) is 0 Å². The van der Waals surface area contributed by atoms with Gasteiger partial charge >= 0.3 is 29.6 Å². The number of aliphatic carboxylic acids is 1. The third-order valence-corrected chi connectivity index (χ3v) is 4.14. The van der Waals surface area contributed by atoms with E-state index in [9.17, 15) is 14.7 Å². The number of ether oxygens (including phenoxy) is 1. The third kappa shape index (κ3) is 5.80. The quantitative estimate of drug-likeness (QED) is 0.621. The van der Waals surface area contributed by atoms with Crippen molar-refractivity contribution in [1.29, 1.82) is 0 Å². The number of hydrogen-bond donors (Lipinski definition) is 1. The predicted molar refractivity (Wildman–Crippen MR) is 84.9 cm³/mol. The Morgan fingerprint density at radius 2 is 2.08 bits per heavy atom. The Morgan fingerprint density at radius 1 is 1.38 bits per heavy atom. The summed E-state index contributed by atoms with van der Waals surface area (Å²) in [6.07, 6.45) is 0.990. The van der Waals surface area contributed by atoms with Gasteiger partial charge < -0.3 is 20.0 Å². The van der Waals surface area contributed by atoms with Gasteiger partial charge in [-0.3, -0.25) is 4.79 Å². The largest absolute Gasteiger partial charge is 1.00 e. The second-order valence-electron chi connectivity index (χ2n) is 6.67. The van der Waals surface area contributed by atoms with Crippen LogP contribution in [0.25, 0.3) is 0 Å². The van der Waals surface area contributed by atoms with Crippen LogP contribution >= 0.6 is 0 Å². The van der Waals surface area contributed by atoms with Crippen LogP contribution in [-0.2, 0) is 16.0 Å². The average molecular weight is 341 g/mol. The predicted octanol–water partition coefficient (Wildman–Crippen LogP) is -1.78. The zero-order valence-corrected chi connectivity index (χ0v) is 16.9. The van der Waals surface area contributed by atoms with Gasteiger partial charge in [0, 0.05) is 11.9 Å². The number of fused-ring (bicyclic) bond motifs is 1. The molecule has 126 valence electrons. The van der Waals surface area contributed by atoms with Crippen molar-refractivity contribution in [3.8, 4) is 5.75 Å². The van der Waals surface area contributed by atoms with Gasteiger partial charge in [0.25, 0.3) is 0 Å². The summed E-state index contributed by atoms with van der Waals surface area (Å²) in [4.78, 5) is 23.3. The minimum absolute atomic E-state index is 0. The SMILES string of the molecule is Cc1cccc2c1CC(NC(=O)C(CC(=O)[O-])CC(C)C)CO2.[Na+]. The number of aryl methyl sites for hydroxylation is 1. The molecule has 0 saturated carbocycles. The molecule has 2 atom stereocenters. The fraction of sp³-hybridized carbons (Fsp3) is 0.556. The van der Waals surface area contributed by atoms with E-state index in [2.05, 4.69) is 5.32 Å². The van der Waals surface area contributed by atoms with Gasteiger partial charge in [0.2, 0.25) is 5.91 Å². The van der Waals surface area contributed by atoms with E-state index in [-0.39, 0.29) is 53.8 Å². The molecule has 1 N–H and O–H groups in total. The van der Waals surface area contributed by atoms with Gasteiger partial charge in [0.05, 0.1) is 6.04 Å². The van der Waals surface area contributed by atoms with Crippen molar-refractivity contribution in [2.24, 2.45) is 11.8 Å². The zero-order valence-electron chi connectivity index (χ0n) is 14.9. The number of carbonyl (C=O) groups is 2. The number of carboxylic acid groups (broad SMARTS) is 1. The molecule has 0 fully saturated rings. The van der Waals surface area contributed by atoms with Crippen LogP contribution in [0.2, 0.25) is 0 Å². The van der Waals surface area contributed by atoms with Crippen LogP contribution in [0.5, 0.6) is 5.75 Å². The van der Waals surface area contributed by atoms with Crippen LogP contribution in [-0.4, -0.2) is 24.5 Å². The number of hydrogen-bond acceptors (Lipinski definition) is 4. The van der Waals surface area contributed by atoms with E-state index in [0.29, 0.717) is 19.4 Å². The molecule has 5 nitrogen and oxygen atoms in total. The molecule has 6 heteroatoms. The fourth-order valence-electron chi connectivity index (χ4n) is 3.03. The zero-order chi connectivity index (χ0) is 17.0. The molecule has 1 aromatic carbocycles. The Bertz CT molecular complexity index is 588. The molecule has 2 rings (SSSR count). The van der Waals surface area contributed by atoms with Gasteiger partial charge in [-0.1, -0.05) is 26.0 Å². The van der Waals surface area contributed by atoms with Crippen molar-refractivity contribution in [3.05, 3.63) is 29.3 Å². The standard InChI is InChI=1S/C18H25NO4.Na/c1-11(2)7-13(8-17(20)21)18(22)19-14-9-15-12(3)5-4-6-16(15)23-10-14;/h4-6,11,13-14H,7-10H2,1-3H3,(H,19,22)(H,20,21);/q;+1/p-1. The average Bonchev–Trinajstić information content (AvgIpc) is 2.46. The first kappa shape index (κ1) is 21.0. The summed E-state index contributed by atoms with van der Waals surface area (Å²) in [6, 6.07) is 5.76. The number of rotatable bonds is 6. The van der Waals surface area contributed by atoms with Crippen molar-refractivity contribution < 1.29 is 49.0 Å². The molecular formula is C18H24NNaO4. The van der Waals surface area contributed by atoms with E-state index < -0.39 is 11.9 Å². The topological polar surface area (TPSA) is 78.5 Å². The van der Waals surface area contributed by atoms with Gasteiger partial charge in [-0.25, -0.2) is 0 Å². The molecule has 0 aromatic heterocycles. The molecule has 1 aliphatic rings. The first-order valence-electron chi connectivity index (χ1n) is 8.08. The molecule has 0 bridgehead atoms. The first-order valence-corrected chi connectivity index (χ1v) is 8.08. The minimum Gasteiger partial charge on any atom is -0.550 e. The second-order valence-corrected chi connectivity index (χ2v) is 6.67. The molecule has 1 heterocycles. The molecule has 2 unspecified atom stereocenters. The summed E-state index contributed by atoms with van der Waals surface area (Å²) in [5, 5.41) is 13.8. The monoisotopic (exact) mass is 341 g/mol. The van der Waals surface area contributed by atoms with Crippen LogP contribution in [0.1, 0.15) is 37.8 Å². The van der Waals surface area contributed by atoms with Crippen molar-refractivity contribution in [2.45, 2.75) is 46.1 Å². The number of carboxylic acids is 1. The van der Waals surface area contributed by atoms with Crippen LogP contribution in [0.4, 0.5) is 0 Å². The Hall–Kier alpha value is -1.04. The summed E-state index contributed by atoms with van der Waals surface area (Å²) in [5.74, 6) is -0.863. The minimum atomic E-state index is -1.19. The summed E-state index contributed by atoms with van der Waals surface area (Å²) in [5.41, 5.74) is 2.24. The summed E-state index contributed by atoms with van der Waals surface area (Å²) in [6.45, 7) is 6.36. The Balaban J connectivity index is 0.00000288. The van der Waals surface area contributed by atoms with E-state index in [4.69, 9.17) is 4.74 Å². The van der Waals surface area contributed by atoms with E-state index >= 15 is 0 Å². The number of amides is 1. The van der Waals surface area contributed by atoms with Crippen LogP contribution in [0, 0.1) is 18.8 Å². The van der Waals surface area contributed by atoms with Crippen molar-refractivity contribution in [2.75, 3.05) is 6.61 Å².